The van der Waals surface area contributed by atoms with Gasteiger partial charge in [-0.2, -0.15) is 24.9 Å². The number of carbonyl (C=O) groups excluding carboxylic acids is 1. The van der Waals surface area contributed by atoms with Gasteiger partial charge in [-0.1, -0.05) is 0 Å². The number of halogens is 3. The molecule has 0 bridgehead atoms. The van der Waals surface area contributed by atoms with Crippen LogP contribution in [0, 0.1) is 0 Å². The Hall–Kier alpha value is -0.470. The molecule has 3 N–H and O–H groups in total. The summed E-state index contributed by atoms with van der Waals surface area (Å²) < 4.78 is 35.2. The molecule has 17 heavy (non-hydrogen) atoms. The molecule has 0 aromatic rings. The highest BCUT2D eigenvalue weighted by molar-refractivity contribution is 7.98. The average Bonchev–Trinajstić information content (AvgIpc) is 2.13. The number of hydrogen-bond donors (Lipinski definition) is 3. The fourth-order valence-corrected chi connectivity index (χ4v) is 1.79. The van der Waals surface area contributed by atoms with E-state index in [4.69, 9.17) is 0 Å². The van der Waals surface area contributed by atoms with Crippen molar-refractivity contribution in [3.8, 4) is 0 Å². The van der Waals surface area contributed by atoms with E-state index in [1.54, 1.807) is 12.2 Å². The van der Waals surface area contributed by atoms with Crippen molar-refractivity contribution in [1.82, 2.24) is 10.6 Å². The maximum absolute atomic E-state index is 11.7. The quantitative estimate of drug-likeness (QED) is 0.628. The highest BCUT2D eigenvalue weighted by Crippen LogP contribution is 2.12. The van der Waals surface area contributed by atoms with E-state index in [-0.39, 0.29) is 13.1 Å². The van der Waals surface area contributed by atoms with E-state index >= 15 is 0 Å². The maximum atomic E-state index is 11.7. The molecule has 0 aliphatic heterocycles. The molecule has 8 heteroatoms. The van der Waals surface area contributed by atoms with Crippen molar-refractivity contribution >= 4 is 17.7 Å². The third-order valence-electron chi connectivity index (χ3n) is 1.73. The Morgan fingerprint density at radius 1 is 1.35 bits per heavy atom. The van der Waals surface area contributed by atoms with E-state index in [2.05, 4.69) is 5.32 Å². The summed E-state index contributed by atoms with van der Waals surface area (Å²) in [6.07, 6.45) is -2.58. The number of rotatable bonds is 7. The summed E-state index contributed by atoms with van der Waals surface area (Å²) >= 11 is 1.44. The van der Waals surface area contributed by atoms with Crippen LogP contribution in [0.3, 0.4) is 0 Å². The van der Waals surface area contributed by atoms with E-state index in [1.807, 2.05) is 6.26 Å². The number of aliphatic hydroxyl groups is 1. The lowest BCUT2D eigenvalue weighted by atomic mass is 10.1. The highest BCUT2D eigenvalue weighted by Gasteiger charge is 2.27. The standard InChI is InChI=1S/C9H17F3N2O2S/c1-8(16,6-17-2)4-13-3-7(15)14-5-9(10,11)12/h13,16H,3-6H2,1-2H3,(H,14,15). The summed E-state index contributed by atoms with van der Waals surface area (Å²) in [5, 5.41) is 14.0. The van der Waals surface area contributed by atoms with Crippen molar-refractivity contribution in [2.24, 2.45) is 0 Å². The van der Waals surface area contributed by atoms with E-state index in [1.165, 1.54) is 11.8 Å². The molecule has 0 saturated carbocycles. The van der Waals surface area contributed by atoms with Crippen molar-refractivity contribution in [1.29, 1.82) is 0 Å². The molecule has 0 saturated heterocycles. The zero-order valence-electron chi connectivity index (χ0n) is 9.73. The first kappa shape index (κ1) is 16.5. The third-order valence-corrected chi connectivity index (χ3v) is 2.64. The molecule has 0 aromatic heterocycles. The molecular weight excluding hydrogens is 257 g/mol. The van der Waals surface area contributed by atoms with E-state index in [0.29, 0.717) is 5.75 Å². The average molecular weight is 274 g/mol. The summed E-state index contributed by atoms with van der Waals surface area (Å²) in [4.78, 5) is 11.0. The van der Waals surface area contributed by atoms with Gasteiger partial charge in [0.2, 0.25) is 5.91 Å². The van der Waals surface area contributed by atoms with Gasteiger partial charge in [0, 0.05) is 12.3 Å². The monoisotopic (exact) mass is 274 g/mol. The largest absolute Gasteiger partial charge is 0.405 e. The van der Waals surface area contributed by atoms with Gasteiger partial charge in [-0.25, -0.2) is 0 Å². The van der Waals surface area contributed by atoms with Crippen LogP contribution in [-0.4, -0.2) is 54.4 Å². The molecule has 0 aromatic carbocycles. The second kappa shape index (κ2) is 7.07. The minimum atomic E-state index is -4.40. The number of amides is 1. The van der Waals surface area contributed by atoms with Gasteiger partial charge in [0.1, 0.15) is 6.54 Å². The first-order chi connectivity index (χ1) is 7.66. The number of hydrogen-bond acceptors (Lipinski definition) is 4. The highest BCUT2D eigenvalue weighted by atomic mass is 32.2. The fraction of sp³-hybridized carbons (Fsp3) is 0.889. The first-order valence-electron chi connectivity index (χ1n) is 4.92. The SMILES string of the molecule is CSCC(C)(O)CNCC(=O)NCC(F)(F)F. The summed E-state index contributed by atoms with van der Waals surface area (Å²) in [5.74, 6) is -0.272. The molecule has 0 rings (SSSR count). The molecule has 0 radical (unpaired) electrons. The molecule has 0 fully saturated rings. The fourth-order valence-electron chi connectivity index (χ4n) is 1.07. The Morgan fingerprint density at radius 3 is 2.41 bits per heavy atom. The molecule has 0 aliphatic carbocycles. The first-order valence-corrected chi connectivity index (χ1v) is 6.31. The van der Waals surface area contributed by atoms with Crippen LogP contribution in [0.4, 0.5) is 13.2 Å². The smallest absolute Gasteiger partial charge is 0.388 e. The lowest BCUT2D eigenvalue weighted by molar-refractivity contribution is -0.137. The molecule has 0 heterocycles. The molecule has 1 unspecified atom stereocenters. The predicted octanol–water partition coefficient (Wildman–Crippen LogP) is 0.368. The lowest BCUT2D eigenvalue weighted by Crippen LogP contribution is -2.45. The molecule has 0 spiro atoms. The van der Waals surface area contributed by atoms with Crippen LogP contribution in [0.1, 0.15) is 6.92 Å². The molecule has 4 nitrogen and oxygen atoms in total. The Balaban J connectivity index is 3.72. The second-order valence-corrected chi connectivity index (χ2v) is 4.79. The Morgan fingerprint density at radius 2 is 1.94 bits per heavy atom. The molecule has 1 amide bonds. The van der Waals surface area contributed by atoms with E-state index in [9.17, 15) is 23.1 Å². The third kappa shape index (κ3) is 10.4. The maximum Gasteiger partial charge on any atom is 0.405 e. The van der Waals surface area contributed by atoms with Crippen molar-refractivity contribution in [3.63, 3.8) is 0 Å². The Bertz CT molecular complexity index is 247. The number of alkyl halides is 3. The van der Waals surface area contributed by atoms with Gasteiger partial charge in [-0.05, 0) is 13.2 Å². The van der Waals surface area contributed by atoms with Crippen molar-refractivity contribution in [3.05, 3.63) is 0 Å². The van der Waals surface area contributed by atoms with Gasteiger partial charge >= 0.3 is 6.18 Å². The van der Waals surface area contributed by atoms with Gasteiger partial charge in [-0.3, -0.25) is 4.79 Å². The number of nitrogens with one attached hydrogen (secondary N) is 2. The molecule has 0 aliphatic rings. The van der Waals surface area contributed by atoms with Crippen LogP contribution in [0.5, 0.6) is 0 Å². The van der Waals surface area contributed by atoms with Crippen molar-refractivity contribution in [2.75, 3.05) is 31.6 Å². The zero-order chi connectivity index (χ0) is 13.5. The number of carbonyl (C=O) groups is 1. The van der Waals surface area contributed by atoms with Crippen LogP contribution >= 0.6 is 11.8 Å². The van der Waals surface area contributed by atoms with Gasteiger partial charge in [0.05, 0.1) is 12.1 Å². The van der Waals surface area contributed by atoms with Gasteiger partial charge in [0.25, 0.3) is 0 Å². The van der Waals surface area contributed by atoms with Gasteiger partial charge < -0.3 is 15.7 Å². The van der Waals surface area contributed by atoms with Crippen molar-refractivity contribution in [2.45, 2.75) is 18.7 Å². The van der Waals surface area contributed by atoms with Gasteiger partial charge in [0.15, 0.2) is 0 Å². The summed E-state index contributed by atoms with van der Waals surface area (Å²) in [6.45, 7) is 0.146. The Kier molecular flexibility index (Phi) is 6.88. The Labute approximate surface area is 102 Å². The topological polar surface area (TPSA) is 61.4 Å². The van der Waals surface area contributed by atoms with Crippen LogP contribution < -0.4 is 10.6 Å². The number of thioether (sulfide) groups is 1. The van der Waals surface area contributed by atoms with E-state index in [0.717, 1.165) is 0 Å². The minimum absolute atomic E-state index is 0.146. The summed E-state index contributed by atoms with van der Waals surface area (Å²) in [7, 11) is 0. The summed E-state index contributed by atoms with van der Waals surface area (Å²) in [6, 6.07) is 0. The normalized spacial score (nSPS) is 15.4. The summed E-state index contributed by atoms with van der Waals surface area (Å²) in [5.41, 5.74) is -0.982. The van der Waals surface area contributed by atoms with Crippen LogP contribution in [0.2, 0.25) is 0 Å². The van der Waals surface area contributed by atoms with Crippen LogP contribution in [0.15, 0.2) is 0 Å². The second-order valence-electron chi connectivity index (χ2n) is 3.93. The molecule has 1 atom stereocenters. The van der Waals surface area contributed by atoms with Crippen molar-refractivity contribution < 1.29 is 23.1 Å². The molecule has 102 valence electrons. The van der Waals surface area contributed by atoms with E-state index < -0.39 is 24.2 Å². The predicted molar refractivity (Wildman–Crippen MR) is 60.9 cm³/mol. The van der Waals surface area contributed by atoms with Gasteiger partial charge in [-0.15, -0.1) is 0 Å². The molecular formula is C9H17F3N2O2S. The van der Waals surface area contributed by atoms with Crippen LogP contribution in [0.25, 0.3) is 0 Å². The lowest BCUT2D eigenvalue weighted by Gasteiger charge is -2.22. The van der Waals surface area contributed by atoms with Crippen LogP contribution in [-0.2, 0) is 4.79 Å². The minimum Gasteiger partial charge on any atom is -0.388 e. The zero-order valence-corrected chi connectivity index (χ0v) is 10.5.